The van der Waals surface area contributed by atoms with E-state index in [2.05, 4.69) is 5.16 Å². The van der Waals surface area contributed by atoms with E-state index in [-0.39, 0.29) is 19.4 Å². The third kappa shape index (κ3) is 2.98. The van der Waals surface area contributed by atoms with Crippen molar-refractivity contribution in [3.05, 3.63) is 17.0 Å². The molecule has 1 atom stereocenters. The first kappa shape index (κ1) is 13.0. The van der Waals surface area contributed by atoms with E-state index < -0.39 is 12.1 Å². The molecule has 0 spiro atoms. The number of nitrogens with two attached hydrogens (primary N) is 1. The topological polar surface area (TPSA) is 52.0 Å². The summed E-state index contributed by atoms with van der Waals surface area (Å²) in [5.41, 5.74) is 6.25. The molecule has 0 aliphatic carbocycles. The van der Waals surface area contributed by atoms with E-state index in [1.807, 2.05) is 0 Å². The van der Waals surface area contributed by atoms with Gasteiger partial charge in [0.1, 0.15) is 5.76 Å². The first-order valence-corrected chi connectivity index (χ1v) is 5.04. The SMILES string of the molecule is Cc1noc(C)c1CC(CCN)C(F)(F)F. The minimum absolute atomic E-state index is 0.0214. The Labute approximate surface area is 91.8 Å². The lowest BCUT2D eigenvalue weighted by Gasteiger charge is -2.19. The van der Waals surface area contributed by atoms with E-state index in [0.29, 0.717) is 17.0 Å². The van der Waals surface area contributed by atoms with Gasteiger partial charge >= 0.3 is 6.18 Å². The largest absolute Gasteiger partial charge is 0.392 e. The second-order valence-electron chi connectivity index (χ2n) is 3.82. The van der Waals surface area contributed by atoms with Crippen LogP contribution in [-0.2, 0) is 6.42 Å². The van der Waals surface area contributed by atoms with Crippen molar-refractivity contribution in [3.8, 4) is 0 Å². The van der Waals surface area contributed by atoms with E-state index >= 15 is 0 Å². The molecule has 1 rings (SSSR count). The van der Waals surface area contributed by atoms with Crippen LogP contribution in [0.15, 0.2) is 4.52 Å². The molecule has 1 unspecified atom stereocenters. The van der Waals surface area contributed by atoms with Gasteiger partial charge in [0.05, 0.1) is 11.6 Å². The van der Waals surface area contributed by atoms with Crippen LogP contribution in [0.2, 0.25) is 0 Å². The van der Waals surface area contributed by atoms with E-state index in [0.717, 1.165) is 0 Å². The average molecular weight is 236 g/mol. The van der Waals surface area contributed by atoms with Crippen molar-refractivity contribution in [2.45, 2.75) is 32.9 Å². The van der Waals surface area contributed by atoms with E-state index in [1.165, 1.54) is 0 Å². The summed E-state index contributed by atoms with van der Waals surface area (Å²) in [6.07, 6.45) is -4.41. The summed E-state index contributed by atoms with van der Waals surface area (Å²) in [5.74, 6) is -0.974. The third-order valence-corrected chi connectivity index (χ3v) is 2.61. The van der Waals surface area contributed by atoms with Crippen LogP contribution in [0, 0.1) is 19.8 Å². The molecular weight excluding hydrogens is 221 g/mol. The van der Waals surface area contributed by atoms with Crippen LogP contribution in [0.4, 0.5) is 13.2 Å². The maximum absolute atomic E-state index is 12.7. The molecule has 0 fully saturated rings. The van der Waals surface area contributed by atoms with Crippen LogP contribution < -0.4 is 5.73 Å². The van der Waals surface area contributed by atoms with E-state index in [9.17, 15) is 13.2 Å². The van der Waals surface area contributed by atoms with Gasteiger partial charge in [-0.15, -0.1) is 0 Å². The molecule has 0 bridgehead atoms. The lowest BCUT2D eigenvalue weighted by molar-refractivity contribution is -0.175. The number of alkyl halides is 3. The van der Waals surface area contributed by atoms with Crippen LogP contribution >= 0.6 is 0 Å². The average Bonchev–Trinajstić information content (AvgIpc) is 2.46. The Balaban J connectivity index is 2.84. The van der Waals surface area contributed by atoms with Gasteiger partial charge in [-0.2, -0.15) is 13.2 Å². The fraction of sp³-hybridized carbons (Fsp3) is 0.700. The van der Waals surface area contributed by atoms with Gasteiger partial charge in [0, 0.05) is 5.56 Å². The van der Waals surface area contributed by atoms with Gasteiger partial charge in [-0.1, -0.05) is 5.16 Å². The molecule has 2 N–H and O–H groups in total. The molecule has 1 aromatic heterocycles. The number of hydrogen-bond acceptors (Lipinski definition) is 3. The number of hydrogen-bond donors (Lipinski definition) is 1. The Morgan fingerprint density at radius 3 is 2.38 bits per heavy atom. The molecule has 3 nitrogen and oxygen atoms in total. The highest BCUT2D eigenvalue weighted by molar-refractivity contribution is 5.21. The molecule has 1 heterocycles. The first-order valence-electron chi connectivity index (χ1n) is 5.04. The Morgan fingerprint density at radius 2 is 2.00 bits per heavy atom. The second-order valence-corrected chi connectivity index (χ2v) is 3.82. The van der Waals surface area contributed by atoms with Gasteiger partial charge in [0.15, 0.2) is 0 Å². The van der Waals surface area contributed by atoms with Crippen LogP contribution in [0.3, 0.4) is 0 Å². The zero-order valence-electron chi connectivity index (χ0n) is 9.27. The third-order valence-electron chi connectivity index (χ3n) is 2.61. The fourth-order valence-electron chi connectivity index (χ4n) is 1.62. The van der Waals surface area contributed by atoms with Crippen molar-refractivity contribution >= 4 is 0 Å². The molecule has 0 amide bonds. The number of aryl methyl sites for hydroxylation is 2. The lowest BCUT2D eigenvalue weighted by Crippen LogP contribution is -2.27. The number of halogens is 3. The predicted molar refractivity (Wildman–Crippen MR) is 52.9 cm³/mol. The summed E-state index contributed by atoms with van der Waals surface area (Å²) in [7, 11) is 0. The van der Waals surface area contributed by atoms with Crippen molar-refractivity contribution in [2.24, 2.45) is 11.7 Å². The Morgan fingerprint density at radius 1 is 1.38 bits per heavy atom. The molecule has 1 aromatic rings. The summed E-state index contributed by atoms with van der Waals surface area (Å²) in [4.78, 5) is 0. The fourth-order valence-corrected chi connectivity index (χ4v) is 1.62. The Kier molecular flexibility index (Phi) is 3.96. The van der Waals surface area contributed by atoms with Gasteiger partial charge in [0.25, 0.3) is 0 Å². The molecule has 0 aromatic carbocycles. The van der Waals surface area contributed by atoms with Crippen LogP contribution in [0.25, 0.3) is 0 Å². The highest BCUT2D eigenvalue weighted by atomic mass is 19.4. The lowest BCUT2D eigenvalue weighted by atomic mass is 9.95. The monoisotopic (exact) mass is 236 g/mol. The summed E-state index contributed by atoms with van der Waals surface area (Å²) in [6.45, 7) is 3.28. The van der Waals surface area contributed by atoms with Gasteiger partial charge in [-0.25, -0.2) is 0 Å². The first-order chi connectivity index (χ1) is 7.36. The Hall–Kier alpha value is -1.04. The molecule has 0 aliphatic rings. The van der Waals surface area contributed by atoms with Gasteiger partial charge in [0.2, 0.25) is 0 Å². The van der Waals surface area contributed by atoms with E-state index in [1.54, 1.807) is 13.8 Å². The summed E-state index contributed by atoms with van der Waals surface area (Å²) in [6, 6.07) is 0. The highest BCUT2D eigenvalue weighted by Gasteiger charge is 2.39. The summed E-state index contributed by atoms with van der Waals surface area (Å²) >= 11 is 0. The number of nitrogens with zero attached hydrogens (tertiary/aromatic N) is 1. The number of aromatic nitrogens is 1. The summed E-state index contributed by atoms with van der Waals surface area (Å²) < 4.78 is 42.8. The van der Waals surface area contributed by atoms with Crippen LogP contribution in [0.5, 0.6) is 0 Å². The van der Waals surface area contributed by atoms with Crippen molar-refractivity contribution < 1.29 is 17.7 Å². The smallest absolute Gasteiger partial charge is 0.361 e. The zero-order chi connectivity index (χ0) is 12.3. The molecule has 0 saturated heterocycles. The second kappa shape index (κ2) is 4.86. The van der Waals surface area contributed by atoms with Crippen LogP contribution in [0.1, 0.15) is 23.4 Å². The van der Waals surface area contributed by atoms with Crippen molar-refractivity contribution in [1.82, 2.24) is 5.16 Å². The molecule has 0 aliphatic heterocycles. The maximum atomic E-state index is 12.7. The predicted octanol–water partition coefficient (Wildman–Crippen LogP) is 2.36. The normalized spacial score (nSPS) is 14.1. The quantitative estimate of drug-likeness (QED) is 0.873. The molecule has 6 heteroatoms. The van der Waals surface area contributed by atoms with Crippen molar-refractivity contribution in [3.63, 3.8) is 0 Å². The highest BCUT2D eigenvalue weighted by Crippen LogP contribution is 2.32. The maximum Gasteiger partial charge on any atom is 0.392 e. The molecule has 16 heavy (non-hydrogen) atoms. The standard InChI is InChI=1S/C10H15F3N2O/c1-6-9(7(2)16-15-6)5-8(3-4-14)10(11,12)13/h8H,3-5,14H2,1-2H3. The number of rotatable bonds is 4. The molecule has 92 valence electrons. The minimum atomic E-state index is -4.23. The molecule has 0 saturated carbocycles. The Bertz CT molecular complexity index is 327. The zero-order valence-corrected chi connectivity index (χ0v) is 9.27. The van der Waals surface area contributed by atoms with Gasteiger partial charge < -0.3 is 10.3 Å². The van der Waals surface area contributed by atoms with E-state index in [4.69, 9.17) is 10.3 Å². The van der Waals surface area contributed by atoms with Gasteiger partial charge in [-0.3, -0.25) is 0 Å². The van der Waals surface area contributed by atoms with Crippen LogP contribution in [-0.4, -0.2) is 17.9 Å². The molecular formula is C10H15F3N2O. The van der Waals surface area contributed by atoms with Crippen molar-refractivity contribution in [2.75, 3.05) is 6.54 Å². The minimum Gasteiger partial charge on any atom is -0.361 e. The van der Waals surface area contributed by atoms with Gasteiger partial charge in [-0.05, 0) is 33.2 Å². The summed E-state index contributed by atoms with van der Waals surface area (Å²) in [5, 5.41) is 3.64. The van der Waals surface area contributed by atoms with Crippen molar-refractivity contribution in [1.29, 1.82) is 0 Å². The molecule has 0 radical (unpaired) electrons.